The molecule has 0 bridgehead atoms. The number of methoxy groups -OCH3 is 2. The minimum Gasteiger partial charge on any atom is -0.464 e. The van der Waals surface area contributed by atoms with E-state index in [1.54, 1.807) is 0 Å². The molecule has 3 heterocycles. The van der Waals surface area contributed by atoms with Gasteiger partial charge in [0, 0.05) is 0 Å². The Bertz CT molecular complexity index is 1040. The van der Waals surface area contributed by atoms with E-state index < -0.39 is 73.8 Å². The van der Waals surface area contributed by atoms with Gasteiger partial charge in [-0.25, -0.2) is 27.5 Å². The summed E-state index contributed by atoms with van der Waals surface area (Å²) in [7, 11) is -2.04. The van der Waals surface area contributed by atoms with Crippen LogP contribution in [0.3, 0.4) is 0 Å². The molecule has 2 aliphatic heterocycles. The average molecular weight is 465 g/mol. The number of alkyl halides is 1. The number of aromatic nitrogens is 3. The zero-order valence-corrected chi connectivity index (χ0v) is 17.6. The molecule has 0 aromatic carbocycles. The summed E-state index contributed by atoms with van der Waals surface area (Å²) in [6, 6.07) is -2.09. The Balaban J connectivity index is 2.13. The minimum atomic E-state index is -4.13. The molecule has 3 rings (SSSR count). The van der Waals surface area contributed by atoms with Gasteiger partial charge in [-0.2, -0.15) is 0 Å². The van der Waals surface area contributed by atoms with Crippen LogP contribution in [0.25, 0.3) is 0 Å². The van der Waals surface area contributed by atoms with Gasteiger partial charge in [0.15, 0.2) is 27.6 Å². The van der Waals surface area contributed by atoms with Crippen molar-refractivity contribution in [2.45, 2.75) is 36.1 Å². The molecule has 2 saturated heterocycles. The van der Waals surface area contributed by atoms with Crippen molar-refractivity contribution in [1.82, 2.24) is 19.9 Å². The van der Waals surface area contributed by atoms with E-state index in [0.29, 0.717) is 0 Å². The molecule has 0 aliphatic carbocycles. The molecule has 0 saturated carbocycles. The van der Waals surface area contributed by atoms with Crippen LogP contribution in [0.15, 0.2) is 0 Å². The summed E-state index contributed by atoms with van der Waals surface area (Å²) in [5, 5.41) is 6.02. The lowest BCUT2D eigenvalue weighted by Crippen LogP contribution is -2.58. The highest BCUT2D eigenvalue weighted by atomic mass is 35.5. The number of hydrogen-bond donors (Lipinski definition) is 0. The Morgan fingerprint density at radius 1 is 1.23 bits per heavy atom. The topological polar surface area (TPSA) is 164 Å². The molecule has 15 heteroatoms. The van der Waals surface area contributed by atoms with E-state index in [1.165, 1.54) is 6.92 Å². The smallest absolute Gasteiger partial charge is 0.361 e. The molecular weight excluding hydrogens is 448 g/mol. The van der Waals surface area contributed by atoms with Gasteiger partial charge in [-0.3, -0.25) is 4.79 Å². The van der Waals surface area contributed by atoms with Crippen molar-refractivity contribution < 1.29 is 41.8 Å². The summed E-state index contributed by atoms with van der Waals surface area (Å²) in [5.74, 6) is -3.61. The van der Waals surface area contributed by atoms with Crippen LogP contribution in [0.4, 0.5) is 0 Å². The maximum atomic E-state index is 13.2. The molecular formula is C15H17ClN4O9S. The van der Waals surface area contributed by atoms with Crippen LogP contribution >= 0.6 is 11.6 Å². The lowest BCUT2D eigenvalue weighted by molar-refractivity contribution is -0.160. The Hall–Kier alpha value is -2.74. The van der Waals surface area contributed by atoms with Crippen LogP contribution in [0, 0.1) is 0 Å². The van der Waals surface area contributed by atoms with E-state index in [0.717, 1.165) is 23.8 Å². The van der Waals surface area contributed by atoms with Gasteiger partial charge in [-0.1, -0.05) is 16.8 Å². The number of carbonyl (C=O) groups is 4. The number of nitrogens with zero attached hydrogens (tertiary/aromatic N) is 4. The molecule has 0 N–H and O–H groups in total. The largest absolute Gasteiger partial charge is 0.464 e. The Labute approximate surface area is 175 Å². The first-order chi connectivity index (χ1) is 14.0. The maximum Gasteiger partial charge on any atom is 0.361 e. The van der Waals surface area contributed by atoms with E-state index in [2.05, 4.69) is 19.8 Å². The second kappa shape index (κ2) is 7.50. The SMILES string of the molecule is COC(=O)c1nnn(C[C@@]2(C)[C@H](C(=O)OCCl)N3C(=O)C[C@H]3S2(=O)=O)c1C(=O)OC. The monoisotopic (exact) mass is 464 g/mol. The number of ether oxygens (including phenoxy) is 3. The number of hydrogen-bond acceptors (Lipinski definition) is 11. The molecule has 0 radical (unpaired) electrons. The maximum absolute atomic E-state index is 13.2. The fourth-order valence-corrected chi connectivity index (χ4v) is 6.11. The molecule has 13 nitrogen and oxygen atoms in total. The van der Waals surface area contributed by atoms with Gasteiger partial charge < -0.3 is 19.1 Å². The number of esters is 3. The van der Waals surface area contributed by atoms with Gasteiger partial charge in [-0.05, 0) is 6.92 Å². The Morgan fingerprint density at radius 2 is 1.87 bits per heavy atom. The summed E-state index contributed by atoms with van der Waals surface area (Å²) < 4.78 is 39.2. The number of amides is 1. The normalized spacial score (nSPS) is 26.5. The van der Waals surface area contributed by atoms with Gasteiger partial charge >= 0.3 is 17.9 Å². The quantitative estimate of drug-likeness (QED) is 0.213. The molecule has 2 aliphatic rings. The molecule has 2 fully saturated rings. The summed E-state index contributed by atoms with van der Waals surface area (Å²) in [4.78, 5) is 49.7. The number of β-lactam (4-membered cyclic amide) rings is 1. The van der Waals surface area contributed by atoms with Crippen molar-refractivity contribution >= 4 is 45.3 Å². The van der Waals surface area contributed by atoms with Gasteiger partial charge in [0.25, 0.3) is 0 Å². The fraction of sp³-hybridized carbons (Fsp3) is 0.600. The first kappa shape index (κ1) is 22.0. The van der Waals surface area contributed by atoms with Crippen molar-refractivity contribution in [3.63, 3.8) is 0 Å². The van der Waals surface area contributed by atoms with Crippen LogP contribution in [0.5, 0.6) is 0 Å². The summed E-state index contributed by atoms with van der Waals surface area (Å²) in [5.41, 5.74) is -0.964. The van der Waals surface area contributed by atoms with E-state index in [-0.39, 0.29) is 6.42 Å². The number of fused-ring (bicyclic) bond motifs is 1. The van der Waals surface area contributed by atoms with Crippen LogP contribution in [0.1, 0.15) is 34.3 Å². The molecule has 1 aromatic heterocycles. The third kappa shape index (κ3) is 2.93. The van der Waals surface area contributed by atoms with Crippen molar-refractivity contribution in [3.05, 3.63) is 11.4 Å². The number of sulfone groups is 1. The Kier molecular flexibility index (Phi) is 5.49. The van der Waals surface area contributed by atoms with E-state index in [1.807, 2.05) is 0 Å². The average Bonchev–Trinajstić information content (AvgIpc) is 3.16. The van der Waals surface area contributed by atoms with Crippen LogP contribution in [-0.4, -0.2) is 88.6 Å². The van der Waals surface area contributed by atoms with Crippen molar-refractivity contribution in [3.8, 4) is 0 Å². The molecule has 164 valence electrons. The van der Waals surface area contributed by atoms with E-state index in [9.17, 15) is 27.6 Å². The summed E-state index contributed by atoms with van der Waals surface area (Å²) >= 11 is 5.44. The van der Waals surface area contributed by atoms with Gasteiger partial charge in [0.1, 0.15) is 10.1 Å². The first-order valence-corrected chi connectivity index (χ1v) is 10.5. The predicted molar refractivity (Wildman–Crippen MR) is 95.9 cm³/mol. The number of rotatable bonds is 6. The lowest BCUT2D eigenvalue weighted by atomic mass is 9.96. The molecule has 3 atom stereocenters. The zero-order chi connectivity index (χ0) is 22.4. The first-order valence-electron chi connectivity index (χ1n) is 8.42. The van der Waals surface area contributed by atoms with Crippen molar-refractivity contribution in [1.29, 1.82) is 0 Å². The van der Waals surface area contributed by atoms with Crippen molar-refractivity contribution in [2.75, 3.05) is 20.3 Å². The molecule has 30 heavy (non-hydrogen) atoms. The Morgan fingerprint density at radius 3 is 2.40 bits per heavy atom. The fourth-order valence-electron chi connectivity index (χ4n) is 3.66. The van der Waals surface area contributed by atoms with Gasteiger partial charge in [0.2, 0.25) is 11.6 Å². The van der Waals surface area contributed by atoms with E-state index >= 15 is 0 Å². The lowest BCUT2D eigenvalue weighted by Gasteiger charge is -2.36. The third-order valence-corrected chi connectivity index (χ3v) is 8.06. The zero-order valence-electron chi connectivity index (χ0n) is 16.0. The molecule has 0 unspecified atom stereocenters. The van der Waals surface area contributed by atoms with E-state index in [4.69, 9.17) is 16.3 Å². The molecule has 1 amide bonds. The molecule has 0 spiro atoms. The number of carbonyl (C=O) groups excluding carboxylic acids is 4. The van der Waals surface area contributed by atoms with Crippen LogP contribution in [-0.2, 0) is 40.2 Å². The summed E-state index contributed by atoms with van der Waals surface area (Å²) in [6.07, 6.45) is -0.294. The molecule has 1 aromatic rings. The van der Waals surface area contributed by atoms with Crippen LogP contribution in [0.2, 0.25) is 0 Å². The standard InChI is InChI=1S/C15H17ClN4O9S/c1-15(5-19-10(13(23)28-3)9(17-18-19)12(22)27-2)11(14(24)29-6-16)20-7(21)4-8(20)30(15,25)26/h8,11H,4-6H2,1-3H3/t8-,11+,15+/m1/s1. The van der Waals surface area contributed by atoms with Crippen LogP contribution < -0.4 is 0 Å². The second-order valence-electron chi connectivity index (χ2n) is 6.72. The van der Waals surface area contributed by atoms with Gasteiger partial charge in [0.05, 0.1) is 27.2 Å². The highest BCUT2D eigenvalue weighted by Gasteiger charge is 2.70. The number of halogens is 1. The van der Waals surface area contributed by atoms with Gasteiger partial charge in [-0.15, -0.1) is 5.10 Å². The minimum absolute atomic E-state index is 0.294. The second-order valence-corrected chi connectivity index (χ2v) is 9.50. The summed E-state index contributed by atoms with van der Waals surface area (Å²) in [6.45, 7) is 0.612. The van der Waals surface area contributed by atoms with Crippen molar-refractivity contribution in [2.24, 2.45) is 0 Å². The predicted octanol–water partition coefficient (Wildman–Crippen LogP) is -1.30. The highest BCUT2D eigenvalue weighted by molar-refractivity contribution is 7.93. The third-order valence-electron chi connectivity index (χ3n) is 5.19. The highest BCUT2D eigenvalue weighted by Crippen LogP contribution is 2.47.